The van der Waals surface area contributed by atoms with Crippen molar-refractivity contribution in [3.63, 3.8) is 0 Å². The number of anilines is 1. The first-order chi connectivity index (χ1) is 13.3. The first-order valence-corrected chi connectivity index (χ1v) is 9.16. The smallest absolute Gasteiger partial charge is 0.262 e. The Morgan fingerprint density at radius 1 is 0.889 bits per heavy atom. The predicted octanol–water partition coefficient (Wildman–Crippen LogP) is 3.45. The highest BCUT2D eigenvalue weighted by molar-refractivity contribution is 5.88. The van der Waals surface area contributed by atoms with Crippen LogP contribution >= 0.6 is 0 Å². The van der Waals surface area contributed by atoms with Crippen LogP contribution in [0.3, 0.4) is 0 Å². The fraction of sp³-hybridized carbons (Fsp3) is 0.182. The summed E-state index contributed by atoms with van der Waals surface area (Å²) in [5.41, 5.74) is 0.781. The van der Waals surface area contributed by atoms with Gasteiger partial charge in [0, 0.05) is 18.5 Å². The largest absolute Gasteiger partial charge is 0.491 e. The summed E-state index contributed by atoms with van der Waals surface area (Å²) in [6.45, 7) is 2.67. The molecular weight excluding hydrogens is 338 g/mol. The topological polar surface area (TPSA) is 47.4 Å². The van der Waals surface area contributed by atoms with Crippen LogP contribution in [0.1, 0.15) is 0 Å². The lowest BCUT2D eigenvalue weighted by molar-refractivity contribution is 0.328. The zero-order chi connectivity index (χ0) is 18.2. The van der Waals surface area contributed by atoms with Crippen LogP contribution in [0.25, 0.3) is 21.7 Å². The van der Waals surface area contributed by atoms with E-state index in [-0.39, 0.29) is 5.56 Å². The maximum Gasteiger partial charge on any atom is 0.262 e. The van der Waals surface area contributed by atoms with Gasteiger partial charge in [-0.1, -0.05) is 48.5 Å². The molecule has 0 fully saturated rings. The van der Waals surface area contributed by atoms with Crippen molar-refractivity contribution in [2.24, 2.45) is 0 Å². The molecule has 1 aliphatic rings. The van der Waals surface area contributed by atoms with Crippen molar-refractivity contribution in [3.8, 4) is 5.75 Å². The molecule has 0 N–H and O–H groups in total. The average molecular weight is 357 g/mol. The fourth-order valence-corrected chi connectivity index (χ4v) is 3.72. The molecule has 134 valence electrons. The van der Waals surface area contributed by atoms with Crippen LogP contribution in [0.2, 0.25) is 0 Å². The minimum absolute atomic E-state index is 0.0353. The highest BCUT2D eigenvalue weighted by Crippen LogP contribution is 2.25. The number of hydrogen-bond acceptors (Lipinski definition) is 4. The van der Waals surface area contributed by atoms with Gasteiger partial charge in [-0.25, -0.2) is 4.98 Å². The second-order valence-corrected chi connectivity index (χ2v) is 6.70. The number of fused-ring (bicyclic) bond motifs is 3. The Hall–Kier alpha value is -3.34. The van der Waals surface area contributed by atoms with Crippen molar-refractivity contribution in [1.29, 1.82) is 0 Å². The Labute approximate surface area is 156 Å². The molecule has 0 spiro atoms. The minimum atomic E-state index is 0.0353. The fourth-order valence-electron chi connectivity index (χ4n) is 3.72. The van der Waals surface area contributed by atoms with E-state index in [9.17, 15) is 4.79 Å². The van der Waals surface area contributed by atoms with Gasteiger partial charge in [0.15, 0.2) is 0 Å². The Kier molecular flexibility index (Phi) is 3.78. The minimum Gasteiger partial charge on any atom is -0.491 e. The van der Waals surface area contributed by atoms with E-state index in [1.165, 1.54) is 5.39 Å². The number of hydrogen-bond donors (Lipinski definition) is 0. The SMILES string of the molecule is O=c1c2ccccc2nc2n1CCN2CCOc1cccc2ccccc12. The van der Waals surface area contributed by atoms with Crippen LogP contribution in [0.15, 0.2) is 71.5 Å². The average Bonchev–Trinajstić information content (AvgIpc) is 3.12. The van der Waals surface area contributed by atoms with Crippen molar-refractivity contribution in [2.45, 2.75) is 6.54 Å². The van der Waals surface area contributed by atoms with E-state index < -0.39 is 0 Å². The second-order valence-electron chi connectivity index (χ2n) is 6.70. The number of aromatic nitrogens is 2. The number of para-hydroxylation sites is 1. The molecule has 5 heteroatoms. The standard InChI is InChI=1S/C22H19N3O2/c26-21-18-9-3-4-10-19(18)23-22-24(12-13-25(21)22)14-15-27-20-11-5-7-16-6-1-2-8-17(16)20/h1-11H,12-15H2. The van der Waals surface area contributed by atoms with Crippen molar-refractivity contribution in [1.82, 2.24) is 9.55 Å². The lowest BCUT2D eigenvalue weighted by Gasteiger charge is -2.18. The molecule has 0 atom stereocenters. The van der Waals surface area contributed by atoms with Gasteiger partial charge in [0.05, 0.1) is 17.4 Å². The zero-order valence-electron chi connectivity index (χ0n) is 14.8. The molecule has 1 aromatic heterocycles. The Balaban J connectivity index is 1.37. The molecule has 4 aromatic rings. The zero-order valence-corrected chi connectivity index (χ0v) is 14.8. The number of rotatable bonds is 4. The number of nitrogens with zero attached hydrogens (tertiary/aromatic N) is 3. The monoisotopic (exact) mass is 357 g/mol. The van der Waals surface area contributed by atoms with Crippen LogP contribution in [-0.4, -0.2) is 29.2 Å². The Morgan fingerprint density at radius 2 is 1.67 bits per heavy atom. The summed E-state index contributed by atoms with van der Waals surface area (Å²) in [5, 5.41) is 2.96. The van der Waals surface area contributed by atoms with Crippen LogP contribution in [0.4, 0.5) is 5.95 Å². The predicted molar refractivity (Wildman–Crippen MR) is 108 cm³/mol. The van der Waals surface area contributed by atoms with Gasteiger partial charge >= 0.3 is 0 Å². The molecule has 1 aliphatic heterocycles. The molecule has 0 saturated heterocycles. The molecule has 0 unspecified atom stereocenters. The molecule has 0 radical (unpaired) electrons. The molecule has 5 rings (SSSR count). The summed E-state index contributed by atoms with van der Waals surface area (Å²) in [5.74, 6) is 1.62. The summed E-state index contributed by atoms with van der Waals surface area (Å²) in [6, 6.07) is 21.8. The van der Waals surface area contributed by atoms with E-state index in [4.69, 9.17) is 9.72 Å². The first-order valence-electron chi connectivity index (χ1n) is 9.16. The van der Waals surface area contributed by atoms with Gasteiger partial charge in [-0.2, -0.15) is 0 Å². The quantitative estimate of drug-likeness (QED) is 0.561. The lowest BCUT2D eigenvalue weighted by Crippen LogP contribution is -2.27. The summed E-state index contributed by atoms with van der Waals surface area (Å²) in [6.07, 6.45) is 0. The third-order valence-corrected chi connectivity index (χ3v) is 5.09. The van der Waals surface area contributed by atoms with Gasteiger partial charge in [0.1, 0.15) is 12.4 Å². The Morgan fingerprint density at radius 3 is 2.59 bits per heavy atom. The highest BCUT2D eigenvalue weighted by Gasteiger charge is 2.22. The molecule has 0 bridgehead atoms. The van der Waals surface area contributed by atoms with Gasteiger partial charge in [0.25, 0.3) is 5.56 Å². The van der Waals surface area contributed by atoms with Gasteiger partial charge < -0.3 is 9.64 Å². The van der Waals surface area contributed by atoms with Gasteiger partial charge in [0.2, 0.25) is 5.95 Å². The van der Waals surface area contributed by atoms with Crippen LogP contribution in [-0.2, 0) is 6.54 Å². The summed E-state index contributed by atoms with van der Waals surface area (Å²) in [4.78, 5) is 19.5. The molecule has 3 aromatic carbocycles. The van der Waals surface area contributed by atoms with E-state index in [0.717, 1.165) is 29.1 Å². The van der Waals surface area contributed by atoms with Gasteiger partial charge in [-0.15, -0.1) is 0 Å². The molecular formula is C22H19N3O2. The van der Waals surface area contributed by atoms with Crippen molar-refractivity contribution in [3.05, 3.63) is 77.1 Å². The summed E-state index contributed by atoms with van der Waals surface area (Å²) in [7, 11) is 0. The summed E-state index contributed by atoms with van der Waals surface area (Å²) >= 11 is 0. The highest BCUT2D eigenvalue weighted by atomic mass is 16.5. The van der Waals surface area contributed by atoms with Crippen LogP contribution in [0.5, 0.6) is 5.75 Å². The van der Waals surface area contributed by atoms with E-state index >= 15 is 0 Å². The maximum absolute atomic E-state index is 12.7. The van der Waals surface area contributed by atoms with Crippen molar-refractivity contribution >= 4 is 27.6 Å². The van der Waals surface area contributed by atoms with Gasteiger partial charge in [-0.3, -0.25) is 9.36 Å². The van der Waals surface area contributed by atoms with Gasteiger partial charge in [-0.05, 0) is 23.6 Å². The van der Waals surface area contributed by atoms with E-state index in [2.05, 4.69) is 23.1 Å². The van der Waals surface area contributed by atoms with Crippen LogP contribution in [0, 0.1) is 0 Å². The molecule has 0 saturated carbocycles. The molecule has 0 amide bonds. The molecule has 0 aliphatic carbocycles. The summed E-state index contributed by atoms with van der Waals surface area (Å²) < 4.78 is 7.82. The molecule has 2 heterocycles. The van der Waals surface area contributed by atoms with E-state index in [1.54, 1.807) is 4.57 Å². The van der Waals surface area contributed by atoms with E-state index in [1.807, 2.05) is 48.5 Å². The number of benzene rings is 3. The molecule has 5 nitrogen and oxygen atoms in total. The number of ether oxygens (including phenoxy) is 1. The Bertz CT molecular complexity index is 1190. The van der Waals surface area contributed by atoms with Crippen LogP contribution < -0.4 is 15.2 Å². The van der Waals surface area contributed by atoms with Crippen molar-refractivity contribution < 1.29 is 4.74 Å². The van der Waals surface area contributed by atoms with Crippen molar-refractivity contribution in [2.75, 3.05) is 24.6 Å². The normalized spacial score (nSPS) is 13.3. The third-order valence-electron chi connectivity index (χ3n) is 5.09. The molecule has 27 heavy (non-hydrogen) atoms. The van der Waals surface area contributed by atoms with E-state index in [0.29, 0.717) is 25.1 Å². The second kappa shape index (κ2) is 6.43. The third kappa shape index (κ3) is 2.72. The first kappa shape index (κ1) is 15.9. The lowest BCUT2D eigenvalue weighted by atomic mass is 10.1. The maximum atomic E-state index is 12.7.